The summed E-state index contributed by atoms with van der Waals surface area (Å²) in [5.74, 6) is -0.774. The molecule has 0 atom stereocenters. The van der Waals surface area contributed by atoms with Crippen molar-refractivity contribution in [1.82, 2.24) is 10.4 Å². The van der Waals surface area contributed by atoms with E-state index in [1.165, 1.54) is 7.11 Å². The summed E-state index contributed by atoms with van der Waals surface area (Å²) < 4.78 is 10.8. The summed E-state index contributed by atoms with van der Waals surface area (Å²) in [7, 11) is 1.45. The lowest BCUT2D eigenvalue weighted by molar-refractivity contribution is -0.123. The zero-order valence-corrected chi connectivity index (χ0v) is 17.4. The number of benzene rings is 2. The average molecular weight is 444 g/mol. The van der Waals surface area contributed by atoms with Crippen LogP contribution in [0.25, 0.3) is 6.08 Å². The first-order chi connectivity index (χ1) is 14.4. The molecule has 0 spiro atoms. The normalized spacial score (nSPS) is 14.7. The highest BCUT2D eigenvalue weighted by Crippen LogP contribution is 2.34. The second-order valence-corrected chi connectivity index (χ2v) is 7.67. The summed E-state index contributed by atoms with van der Waals surface area (Å²) in [5.41, 5.74) is 8.66. The topological polar surface area (TPSA) is 111 Å². The van der Waals surface area contributed by atoms with E-state index in [0.717, 1.165) is 16.8 Å². The van der Waals surface area contributed by atoms with Crippen LogP contribution in [-0.4, -0.2) is 40.8 Å². The second kappa shape index (κ2) is 9.42. The van der Waals surface area contributed by atoms with Gasteiger partial charge in [-0.3, -0.25) is 19.8 Å². The fourth-order valence-corrected chi connectivity index (χ4v) is 3.69. The Morgan fingerprint density at radius 2 is 1.93 bits per heavy atom. The Morgan fingerprint density at radius 1 is 1.20 bits per heavy atom. The average Bonchev–Trinajstić information content (AvgIpc) is 3.00. The van der Waals surface area contributed by atoms with E-state index < -0.39 is 17.7 Å². The van der Waals surface area contributed by atoms with Gasteiger partial charge in [0, 0.05) is 5.56 Å². The number of thiocarbonyl (C=S) groups is 1. The minimum absolute atomic E-state index is 0.212. The third-order valence-electron chi connectivity index (χ3n) is 3.90. The Hall–Kier alpha value is -3.37. The van der Waals surface area contributed by atoms with Gasteiger partial charge in [0.25, 0.3) is 17.7 Å². The number of hydrogen-bond acceptors (Lipinski definition) is 7. The standard InChI is InChI=1S/C20H17N3O5S2/c1-27-15-9-12(7-8-14(15)28-11-17(21)24)10-16-19(26)23(20(29)30-16)22-18(25)13-5-3-2-4-6-13/h2-10H,11H2,1H3,(H2,21,24)(H,22,25)/b16-10-. The molecule has 0 saturated carbocycles. The third-order valence-corrected chi connectivity index (χ3v) is 5.20. The SMILES string of the molecule is COc1cc(/C=C2\SC(=S)N(NC(=O)c3ccccc3)C2=O)ccc1OCC(N)=O. The summed E-state index contributed by atoms with van der Waals surface area (Å²) in [6.07, 6.45) is 1.62. The second-order valence-electron chi connectivity index (χ2n) is 5.99. The first kappa shape index (κ1) is 21.3. The molecule has 10 heteroatoms. The van der Waals surface area contributed by atoms with Gasteiger partial charge in [-0.2, -0.15) is 5.01 Å². The lowest BCUT2D eigenvalue weighted by Gasteiger charge is -2.15. The maximum absolute atomic E-state index is 12.7. The van der Waals surface area contributed by atoms with Crippen molar-refractivity contribution in [3.8, 4) is 11.5 Å². The van der Waals surface area contributed by atoms with Gasteiger partial charge in [-0.05, 0) is 48.1 Å². The Bertz CT molecular complexity index is 1040. The van der Waals surface area contributed by atoms with Crippen LogP contribution in [0.4, 0.5) is 0 Å². The van der Waals surface area contributed by atoms with Crippen molar-refractivity contribution in [3.63, 3.8) is 0 Å². The summed E-state index contributed by atoms with van der Waals surface area (Å²) >= 11 is 6.30. The minimum atomic E-state index is -0.609. The molecule has 0 aromatic heterocycles. The van der Waals surface area contributed by atoms with Crippen molar-refractivity contribution in [2.45, 2.75) is 0 Å². The van der Waals surface area contributed by atoms with Gasteiger partial charge in [-0.1, -0.05) is 36.0 Å². The first-order valence-corrected chi connectivity index (χ1v) is 9.84. The van der Waals surface area contributed by atoms with Gasteiger partial charge in [0.15, 0.2) is 22.4 Å². The molecular formula is C20H17N3O5S2. The monoisotopic (exact) mass is 443 g/mol. The van der Waals surface area contributed by atoms with Crippen molar-refractivity contribution < 1.29 is 23.9 Å². The molecule has 1 fully saturated rings. The molecule has 1 aliphatic heterocycles. The van der Waals surface area contributed by atoms with E-state index in [2.05, 4.69) is 5.43 Å². The number of carbonyl (C=O) groups excluding carboxylic acids is 3. The number of hydrazine groups is 1. The van der Waals surface area contributed by atoms with Crippen LogP contribution in [0.5, 0.6) is 11.5 Å². The molecule has 0 unspecified atom stereocenters. The van der Waals surface area contributed by atoms with Gasteiger partial charge in [0.05, 0.1) is 12.0 Å². The molecule has 3 N–H and O–H groups in total. The van der Waals surface area contributed by atoms with Crippen molar-refractivity contribution in [3.05, 3.63) is 64.6 Å². The number of nitrogens with one attached hydrogen (secondary N) is 1. The van der Waals surface area contributed by atoms with Gasteiger partial charge < -0.3 is 15.2 Å². The van der Waals surface area contributed by atoms with Crippen molar-refractivity contribution >= 4 is 52.1 Å². The lowest BCUT2D eigenvalue weighted by Crippen LogP contribution is -2.44. The number of ether oxygens (including phenoxy) is 2. The maximum atomic E-state index is 12.7. The van der Waals surface area contributed by atoms with Crippen molar-refractivity contribution in [1.29, 1.82) is 0 Å². The number of nitrogens with zero attached hydrogens (tertiary/aromatic N) is 1. The third kappa shape index (κ3) is 4.97. The van der Waals surface area contributed by atoms with E-state index in [0.29, 0.717) is 27.5 Å². The van der Waals surface area contributed by atoms with Crippen LogP contribution in [-0.2, 0) is 9.59 Å². The number of nitrogens with two attached hydrogens (primary N) is 1. The summed E-state index contributed by atoms with van der Waals surface area (Å²) in [6.45, 7) is -0.282. The smallest absolute Gasteiger partial charge is 0.285 e. The molecule has 30 heavy (non-hydrogen) atoms. The number of thioether (sulfide) groups is 1. The Kier molecular flexibility index (Phi) is 6.70. The van der Waals surface area contributed by atoms with Crippen LogP contribution in [0.2, 0.25) is 0 Å². The summed E-state index contributed by atoms with van der Waals surface area (Å²) in [5, 5.41) is 1.04. The molecule has 8 nitrogen and oxygen atoms in total. The molecule has 1 heterocycles. The van der Waals surface area contributed by atoms with E-state index >= 15 is 0 Å². The predicted octanol–water partition coefficient (Wildman–Crippen LogP) is 2.11. The fraction of sp³-hybridized carbons (Fsp3) is 0.100. The quantitative estimate of drug-likeness (QED) is 0.498. The van der Waals surface area contributed by atoms with E-state index in [4.69, 9.17) is 27.4 Å². The fourth-order valence-electron chi connectivity index (χ4n) is 2.51. The Balaban J connectivity index is 1.76. The lowest BCUT2D eigenvalue weighted by atomic mass is 10.2. The number of rotatable bonds is 7. The van der Waals surface area contributed by atoms with Gasteiger partial charge in [0.2, 0.25) is 0 Å². The van der Waals surface area contributed by atoms with Gasteiger partial charge >= 0.3 is 0 Å². The van der Waals surface area contributed by atoms with E-state index in [1.807, 2.05) is 0 Å². The Morgan fingerprint density at radius 3 is 2.60 bits per heavy atom. The van der Waals surface area contributed by atoms with Crippen LogP contribution in [0, 0.1) is 0 Å². The molecule has 1 aliphatic rings. The van der Waals surface area contributed by atoms with Crippen LogP contribution in [0.1, 0.15) is 15.9 Å². The molecule has 2 aromatic carbocycles. The van der Waals surface area contributed by atoms with E-state index in [1.54, 1.807) is 54.6 Å². The minimum Gasteiger partial charge on any atom is -0.493 e. The van der Waals surface area contributed by atoms with Crippen molar-refractivity contribution in [2.24, 2.45) is 5.73 Å². The van der Waals surface area contributed by atoms with Gasteiger partial charge in [0.1, 0.15) is 0 Å². The Labute approximate surface area is 182 Å². The van der Waals surface area contributed by atoms with Crippen molar-refractivity contribution in [2.75, 3.05) is 13.7 Å². The van der Waals surface area contributed by atoms with Crippen LogP contribution < -0.4 is 20.6 Å². The number of methoxy groups -OCH3 is 1. The first-order valence-electron chi connectivity index (χ1n) is 8.62. The largest absolute Gasteiger partial charge is 0.493 e. The van der Waals surface area contributed by atoms with Gasteiger partial charge in [-0.25, -0.2) is 0 Å². The number of carbonyl (C=O) groups is 3. The zero-order chi connectivity index (χ0) is 21.7. The molecule has 0 aliphatic carbocycles. The molecule has 0 bridgehead atoms. The zero-order valence-electron chi connectivity index (χ0n) is 15.8. The van der Waals surface area contributed by atoms with Crippen LogP contribution in [0.15, 0.2) is 53.4 Å². The maximum Gasteiger partial charge on any atom is 0.285 e. The number of amides is 3. The number of hydrogen-bond donors (Lipinski definition) is 2. The molecule has 3 rings (SSSR count). The molecule has 154 valence electrons. The predicted molar refractivity (Wildman–Crippen MR) is 117 cm³/mol. The summed E-state index contributed by atoms with van der Waals surface area (Å²) in [6, 6.07) is 13.4. The summed E-state index contributed by atoms with van der Waals surface area (Å²) in [4.78, 5) is 36.3. The van der Waals surface area contributed by atoms with E-state index in [-0.39, 0.29) is 10.9 Å². The highest BCUT2D eigenvalue weighted by Gasteiger charge is 2.33. The molecule has 3 amide bonds. The number of primary amides is 1. The van der Waals surface area contributed by atoms with Gasteiger partial charge in [-0.15, -0.1) is 0 Å². The molecular weight excluding hydrogens is 426 g/mol. The highest BCUT2D eigenvalue weighted by atomic mass is 32.2. The van der Waals surface area contributed by atoms with E-state index in [9.17, 15) is 14.4 Å². The molecule has 0 radical (unpaired) electrons. The highest BCUT2D eigenvalue weighted by molar-refractivity contribution is 8.26. The van der Waals surface area contributed by atoms with Crippen LogP contribution in [0.3, 0.4) is 0 Å². The van der Waals surface area contributed by atoms with Crippen LogP contribution >= 0.6 is 24.0 Å². The molecule has 1 saturated heterocycles. The molecule has 2 aromatic rings.